The summed E-state index contributed by atoms with van der Waals surface area (Å²) in [6, 6.07) is 16.1. The number of nitrogens with zero attached hydrogens (tertiary/aromatic N) is 2. The van der Waals surface area contributed by atoms with Crippen molar-refractivity contribution in [2.75, 3.05) is 0 Å². The first-order valence-corrected chi connectivity index (χ1v) is 8.06. The molecule has 0 unspecified atom stereocenters. The van der Waals surface area contributed by atoms with Crippen LogP contribution in [0.25, 0.3) is 5.69 Å². The van der Waals surface area contributed by atoms with Crippen molar-refractivity contribution in [3.63, 3.8) is 0 Å². The topological polar surface area (TPSA) is 60.9 Å². The first-order chi connectivity index (χ1) is 11.5. The minimum absolute atomic E-state index is 0.273. The monoisotopic (exact) mass is 319 g/mol. The highest BCUT2D eigenvalue weighted by Crippen LogP contribution is 2.22. The fourth-order valence-corrected chi connectivity index (χ4v) is 2.85. The third-order valence-electron chi connectivity index (χ3n) is 4.12. The average Bonchev–Trinajstić information content (AvgIpc) is 3.09. The Hall–Kier alpha value is -2.88. The standard InChI is InChI=1S/C20H21N3O/c1-14(2)18-9-6-16(13-19(18)20(21)24)12-15-4-7-17(8-5-15)23-11-3-10-22-23/h3-11,13-14H,12H2,1-2H3,(H2,21,24). The zero-order valence-corrected chi connectivity index (χ0v) is 13.9. The van der Waals surface area contributed by atoms with Crippen LogP contribution in [0.1, 0.15) is 46.8 Å². The summed E-state index contributed by atoms with van der Waals surface area (Å²) in [7, 11) is 0. The van der Waals surface area contributed by atoms with Crippen LogP contribution in [-0.4, -0.2) is 15.7 Å². The number of hydrogen-bond acceptors (Lipinski definition) is 2. The molecule has 0 aliphatic rings. The third kappa shape index (κ3) is 3.38. The Bertz CT molecular complexity index is 834. The van der Waals surface area contributed by atoms with E-state index >= 15 is 0 Å². The molecule has 0 aliphatic heterocycles. The molecule has 0 saturated carbocycles. The summed E-state index contributed by atoms with van der Waals surface area (Å²) in [5, 5.41) is 4.22. The Balaban J connectivity index is 1.83. The lowest BCUT2D eigenvalue weighted by molar-refractivity contribution is 0.0999. The highest BCUT2D eigenvalue weighted by atomic mass is 16.1. The molecular weight excluding hydrogens is 298 g/mol. The van der Waals surface area contributed by atoms with Gasteiger partial charge in [-0.2, -0.15) is 5.10 Å². The van der Waals surface area contributed by atoms with Crippen LogP contribution >= 0.6 is 0 Å². The minimum Gasteiger partial charge on any atom is -0.366 e. The van der Waals surface area contributed by atoms with Crippen molar-refractivity contribution in [2.45, 2.75) is 26.2 Å². The molecule has 0 aliphatic carbocycles. The largest absolute Gasteiger partial charge is 0.366 e. The number of carbonyl (C=O) groups is 1. The van der Waals surface area contributed by atoms with Gasteiger partial charge in [0.2, 0.25) is 5.91 Å². The third-order valence-corrected chi connectivity index (χ3v) is 4.12. The van der Waals surface area contributed by atoms with Crippen molar-refractivity contribution < 1.29 is 4.79 Å². The Labute approximate surface area is 141 Å². The molecule has 0 bridgehead atoms. The van der Waals surface area contributed by atoms with E-state index in [4.69, 9.17) is 5.73 Å². The smallest absolute Gasteiger partial charge is 0.248 e. The van der Waals surface area contributed by atoms with Crippen molar-refractivity contribution >= 4 is 5.91 Å². The van der Waals surface area contributed by atoms with Gasteiger partial charge in [0.25, 0.3) is 0 Å². The van der Waals surface area contributed by atoms with Crippen LogP contribution in [-0.2, 0) is 6.42 Å². The molecule has 2 N–H and O–H groups in total. The Morgan fingerprint density at radius 1 is 1.12 bits per heavy atom. The first kappa shape index (κ1) is 16.0. The summed E-state index contributed by atoms with van der Waals surface area (Å²) in [6.45, 7) is 4.13. The second-order valence-electron chi connectivity index (χ2n) is 6.23. The van der Waals surface area contributed by atoms with Crippen LogP contribution in [0.5, 0.6) is 0 Å². The van der Waals surface area contributed by atoms with Gasteiger partial charge in [-0.3, -0.25) is 4.79 Å². The van der Waals surface area contributed by atoms with Crippen molar-refractivity contribution in [1.82, 2.24) is 9.78 Å². The maximum Gasteiger partial charge on any atom is 0.248 e. The molecule has 0 atom stereocenters. The van der Waals surface area contributed by atoms with Crippen molar-refractivity contribution in [3.05, 3.63) is 83.2 Å². The second kappa shape index (κ2) is 6.71. The lowest BCUT2D eigenvalue weighted by Gasteiger charge is -2.12. The van der Waals surface area contributed by atoms with Crippen LogP contribution < -0.4 is 5.73 Å². The lowest BCUT2D eigenvalue weighted by atomic mass is 9.93. The van der Waals surface area contributed by atoms with E-state index < -0.39 is 0 Å². The maximum absolute atomic E-state index is 11.7. The number of nitrogens with two attached hydrogens (primary N) is 1. The summed E-state index contributed by atoms with van der Waals surface area (Å²) in [4.78, 5) is 11.7. The molecule has 2 aromatic carbocycles. The van der Waals surface area contributed by atoms with Gasteiger partial charge in [-0.25, -0.2) is 4.68 Å². The van der Waals surface area contributed by atoms with Crippen LogP contribution in [0.3, 0.4) is 0 Å². The second-order valence-corrected chi connectivity index (χ2v) is 6.23. The van der Waals surface area contributed by atoms with Gasteiger partial charge in [0.1, 0.15) is 0 Å². The highest BCUT2D eigenvalue weighted by molar-refractivity contribution is 5.94. The summed E-state index contributed by atoms with van der Waals surface area (Å²) >= 11 is 0. The average molecular weight is 319 g/mol. The molecule has 0 fully saturated rings. The summed E-state index contributed by atoms with van der Waals surface area (Å²) in [5.41, 5.74) is 10.4. The number of aromatic nitrogens is 2. The van der Waals surface area contributed by atoms with Gasteiger partial charge < -0.3 is 5.73 Å². The first-order valence-electron chi connectivity index (χ1n) is 8.06. The molecule has 4 nitrogen and oxygen atoms in total. The normalized spacial score (nSPS) is 11.0. The van der Waals surface area contributed by atoms with E-state index in [2.05, 4.69) is 37.1 Å². The molecule has 4 heteroatoms. The van der Waals surface area contributed by atoms with Crippen molar-refractivity contribution in [2.24, 2.45) is 5.73 Å². The summed E-state index contributed by atoms with van der Waals surface area (Å²) in [5.74, 6) is -0.0931. The van der Waals surface area contributed by atoms with Gasteiger partial charge in [-0.1, -0.05) is 38.1 Å². The van der Waals surface area contributed by atoms with E-state index in [9.17, 15) is 4.79 Å². The molecule has 0 spiro atoms. The highest BCUT2D eigenvalue weighted by Gasteiger charge is 2.12. The zero-order chi connectivity index (χ0) is 17.1. The van der Waals surface area contributed by atoms with Gasteiger partial charge >= 0.3 is 0 Å². The number of primary amides is 1. The number of hydrogen-bond donors (Lipinski definition) is 1. The van der Waals surface area contributed by atoms with E-state index in [0.717, 1.165) is 23.2 Å². The quantitative estimate of drug-likeness (QED) is 0.779. The van der Waals surface area contributed by atoms with E-state index in [1.165, 1.54) is 5.56 Å². The van der Waals surface area contributed by atoms with Gasteiger partial charge in [-0.05, 0) is 53.3 Å². The van der Waals surface area contributed by atoms with Crippen LogP contribution in [0.4, 0.5) is 0 Å². The molecule has 122 valence electrons. The van der Waals surface area contributed by atoms with Gasteiger partial charge in [0.15, 0.2) is 0 Å². The van der Waals surface area contributed by atoms with E-state index in [-0.39, 0.29) is 11.8 Å². The number of rotatable bonds is 5. The van der Waals surface area contributed by atoms with Gasteiger partial charge in [0.05, 0.1) is 5.69 Å². The van der Waals surface area contributed by atoms with Crippen molar-refractivity contribution in [3.8, 4) is 5.69 Å². The Morgan fingerprint density at radius 2 is 1.83 bits per heavy atom. The lowest BCUT2D eigenvalue weighted by Crippen LogP contribution is -2.15. The van der Waals surface area contributed by atoms with Gasteiger partial charge in [0, 0.05) is 18.0 Å². The predicted octanol–water partition coefficient (Wildman–Crippen LogP) is 3.69. The molecule has 1 heterocycles. The van der Waals surface area contributed by atoms with Crippen LogP contribution in [0.15, 0.2) is 60.9 Å². The van der Waals surface area contributed by atoms with Crippen molar-refractivity contribution in [1.29, 1.82) is 0 Å². The maximum atomic E-state index is 11.7. The van der Waals surface area contributed by atoms with Crippen LogP contribution in [0, 0.1) is 0 Å². The van der Waals surface area contributed by atoms with E-state index in [1.54, 1.807) is 6.20 Å². The molecular formula is C20H21N3O. The SMILES string of the molecule is CC(C)c1ccc(Cc2ccc(-n3cccn3)cc2)cc1C(N)=O. The number of benzene rings is 2. The molecule has 24 heavy (non-hydrogen) atoms. The molecule has 1 amide bonds. The fraction of sp³-hybridized carbons (Fsp3) is 0.200. The van der Waals surface area contributed by atoms with Crippen LogP contribution in [0.2, 0.25) is 0 Å². The molecule has 0 saturated heterocycles. The van der Waals surface area contributed by atoms with E-state index in [1.807, 2.05) is 41.2 Å². The molecule has 1 aromatic heterocycles. The fourth-order valence-electron chi connectivity index (χ4n) is 2.85. The molecule has 3 aromatic rings. The number of amides is 1. The van der Waals surface area contributed by atoms with Gasteiger partial charge in [-0.15, -0.1) is 0 Å². The summed E-state index contributed by atoms with van der Waals surface area (Å²) in [6.07, 6.45) is 4.44. The number of carbonyl (C=O) groups excluding carboxylic acids is 1. The summed E-state index contributed by atoms with van der Waals surface area (Å²) < 4.78 is 1.83. The van der Waals surface area contributed by atoms with E-state index in [0.29, 0.717) is 5.56 Å². The molecule has 3 rings (SSSR count). The minimum atomic E-state index is -0.366. The Kier molecular flexibility index (Phi) is 4.47. The zero-order valence-electron chi connectivity index (χ0n) is 13.9. The molecule has 0 radical (unpaired) electrons. The predicted molar refractivity (Wildman–Crippen MR) is 95.4 cm³/mol. The Morgan fingerprint density at radius 3 is 2.42 bits per heavy atom.